The minimum atomic E-state index is -0.0534. The summed E-state index contributed by atoms with van der Waals surface area (Å²) in [6, 6.07) is 29.1. The smallest absolute Gasteiger partial charge is 0.175 e. The highest BCUT2D eigenvalue weighted by Crippen LogP contribution is 2.38. The molecule has 0 saturated heterocycles. The summed E-state index contributed by atoms with van der Waals surface area (Å²) in [6.45, 7) is 2.04. The number of pyridine rings is 1. The van der Waals surface area contributed by atoms with Crippen LogP contribution in [-0.4, -0.2) is 17.9 Å². The van der Waals surface area contributed by atoms with Gasteiger partial charge < -0.3 is 15.2 Å². The molecule has 0 amide bonds. The van der Waals surface area contributed by atoms with Gasteiger partial charge in [-0.15, -0.1) is 11.3 Å². The van der Waals surface area contributed by atoms with Gasteiger partial charge in [0.2, 0.25) is 0 Å². The second kappa shape index (κ2) is 10.2. The number of benzene rings is 3. The number of Topliss-reactive ketones (excluding diaryl/α,β-unsaturated/α-hetero) is 1. The van der Waals surface area contributed by atoms with Gasteiger partial charge in [0, 0.05) is 17.4 Å². The maximum Gasteiger partial charge on any atom is 0.175 e. The minimum Gasteiger partial charge on any atom is -0.497 e. The van der Waals surface area contributed by atoms with E-state index in [4.69, 9.17) is 20.2 Å². The molecule has 5 nitrogen and oxygen atoms in total. The predicted octanol–water partition coefficient (Wildman–Crippen LogP) is 7.72. The molecule has 0 aliphatic heterocycles. The quantitative estimate of drug-likeness (QED) is 0.224. The van der Waals surface area contributed by atoms with Gasteiger partial charge in [0.25, 0.3) is 0 Å². The van der Waals surface area contributed by atoms with Crippen LogP contribution < -0.4 is 15.2 Å². The van der Waals surface area contributed by atoms with Gasteiger partial charge in [-0.3, -0.25) is 4.79 Å². The largest absolute Gasteiger partial charge is 0.497 e. The Kier molecular flexibility index (Phi) is 6.69. The number of nitrogen functional groups attached to an aromatic ring is 1. The average molecular weight is 495 g/mol. The van der Waals surface area contributed by atoms with Crippen molar-refractivity contribution in [1.29, 1.82) is 0 Å². The number of aromatic nitrogens is 1. The molecule has 1 atom stereocenters. The van der Waals surface area contributed by atoms with Crippen molar-refractivity contribution in [2.24, 2.45) is 0 Å². The predicted molar refractivity (Wildman–Crippen MR) is 146 cm³/mol. The number of carbonyl (C=O) groups is 1. The summed E-state index contributed by atoms with van der Waals surface area (Å²) in [6.07, 6.45) is 0.314. The van der Waals surface area contributed by atoms with Crippen molar-refractivity contribution in [2.75, 3.05) is 12.8 Å². The topological polar surface area (TPSA) is 74.4 Å². The van der Waals surface area contributed by atoms with E-state index in [2.05, 4.69) is 0 Å². The fourth-order valence-corrected chi connectivity index (χ4v) is 5.27. The molecule has 180 valence electrons. The van der Waals surface area contributed by atoms with Crippen LogP contribution in [0.2, 0.25) is 0 Å². The third-order valence-electron chi connectivity index (χ3n) is 6.13. The zero-order valence-electron chi connectivity index (χ0n) is 20.1. The second-order valence-electron chi connectivity index (χ2n) is 8.61. The molecule has 36 heavy (non-hydrogen) atoms. The minimum absolute atomic E-state index is 0.000412. The van der Waals surface area contributed by atoms with Crippen molar-refractivity contribution in [3.8, 4) is 28.5 Å². The molecule has 5 rings (SSSR count). The summed E-state index contributed by atoms with van der Waals surface area (Å²) in [7, 11) is 1.64. The lowest BCUT2D eigenvalue weighted by Gasteiger charge is -2.16. The number of para-hydroxylation sites is 2. The average Bonchev–Trinajstić information content (AvgIpc) is 3.25. The molecular formula is C30H26N2O3S. The zero-order chi connectivity index (χ0) is 25.1. The molecule has 0 radical (unpaired) electrons. The molecule has 0 aliphatic rings. The van der Waals surface area contributed by atoms with E-state index in [1.807, 2.05) is 97.9 Å². The van der Waals surface area contributed by atoms with E-state index < -0.39 is 0 Å². The van der Waals surface area contributed by atoms with Crippen LogP contribution in [0.3, 0.4) is 0 Å². The van der Waals surface area contributed by atoms with Crippen molar-refractivity contribution in [2.45, 2.75) is 19.3 Å². The lowest BCUT2D eigenvalue weighted by molar-refractivity contribution is 0.0980. The van der Waals surface area contributed by atoms with Crippen LogP contribution in [0.5, 0.6) is 17.2 Å². The molecule has 3 aromatic carbocycles. The van der Waals surface area contributed by atoms with Crippen LogP contribution in [0.25, 0.3) is 21.5 Å². The van der Waals surface area contributed by atoms with Crippen LogP contribution in [0.4, 0.5) is 5.69 Å². The molecule has 0 aliphatic carbocycles. The van der Waals surface area contributed by atoms with Gasteiger partial charge in [-0.25, -0.2) is 4.98 Å². The number of anilines is 1. The molecule has 6 heteroatoms. The van der Waals surface area contributed by atoms with Crippen LogP contribution in [-0.2, 0) is 0 Å². The summed E-state index contributed by atoms with van der Waals surface area (Å²) >= 11 is 1.35. The number of thiophene rings is 1. The number of nitrogens with zero attached hydrogens (tertiary/aromatic N) is 1. The lowest BCUT2D eigenvalue weighted by atomic mass is 9.94. The number of rotatable bonds is 8. The Hall–Kier alpha value is -4.16. The zero-order valence-corrected chi connectivity index (χ0v) is 20.9. The van der Waals surface area contributed by atoms with E-state index in [-0.39, 0.29) is 11.7 Å². The Labute approximate surface area is 214 Å². The van der Waals surface area contributed by atoms with Gasteiger partial charge in [0.1, 0.15) is 22.1 Å². The Morgan fingerprint density at radius 1 is 0.944 bits per heavy atom. The first-order chi connectivity index (χ1) is 17.5. The fraction of sp³-hybridized carbons (Fsp3) is 0.133. The van der Waals surface area contributed by atoms with Crippen LogP contribution >= 0.6 is 11.3 Å². The van der Waals surface area contributed by atoms with Crippen LogP contribution in [0.1, 0.15) is 34.5 Å². The van der Waals surface area contributed by atoms with Crippen molar-refractivity contribution >= 4 is 33.0 Å². The molecule has 0 fully saturated rings. The third-order valence-corrected chi connectivity index (χ3v) is 7.28. The number of hydrogen-bond acceptors (Lipinski definition) is 6. The van der Waals surface area contributed by atoms with E-state index in [9.17, 15) is 4.79 Å². The highest BCUT2D eigenvalue weighted by molar-refractivity contribution is 7.21. The number of fused-ring (bicyclic) bond motifs is 1. The highest BCUT2D eigenvalue weighted by atomic mass is 32.1. The maximum atomic E-state index is 13.4. The first kappa shape index (κ1) is 23.6. The van der Waals surface area contributed by atoms with E-state index in [1.54, 1.807) is 7.11 Å². The molecule has 2 N–H and O–H groups in total. The highest BCUT2D eigenvalue weighted by Gasteiger charge is 2.22. The number of hydrogen-bond donors (Lipinski definition) is 1. The molecular weight excluding hydrogens is 468 g/mol. The monoisotopic (exact) mass is 494 g/mol. The second-order valence-corrected chi connectivity index (χ2v) is 9.61. The van der Waals surface area contributed by atoms with Crippen molar-refractivity contribution in [1.82, 2.24) is 4.98 Å². The van der Waals surface area contributed by atoms with Crippen molar-refractivity contribution < 1.29 is 14.3 Å². The van der Waals surface area contributed by atoms with Gasteiger partial charge in [-0.1, -0.05) is 55.5 Å². The van der Waals surface area contributed by atoms with Gasteiger partial charge in [0.05, 0.1) is 23.4 Å². The summed E-state index contributed by atoms with van der Waals surface area (Å²) < 4.78 is 11.4. The standard InChI is InChI=1S/C30H26N2O3S/c1-19(23-13-6-7-14-27(23)35-21-10-4-3-5-11-21)17-26(33)29-28(31)24-15-16-25(32-30(24)36-29)20-9-8-12-22(18-20)34-2/h3-16,18-19H,17,31H2,1-2H3. The summed E-state index contributed by atoms with van der Waals surface area (Å²) in [4.78, 5) is 19.5. The van der Waals surface area contributed by atoms with E-state index in [0.717, 1.165) is 44.3 Å². The van der Waals surface area contributed by atoms with Crippen LogP contribution in [0.15, 0.2) is 91.0 Å². The number of ketones is 1. The van der Waals surface area contributed by atoms with Crippen molar-refractivity contribution in [3.05, 3.63) is 101 Å². The Morgan fingerprint density at radius 3 is 2.50 bits per heavy atom. The van der Waals surface area contributed by atoms with Crippen molar-refractivity contribution in [3.63, 3.8) is 0 Å². The van der Waals surface area contributed by atoms with Gasteiger partial charge >= 0.3 is 0 Å². The van der Waals surface area contributed by atoms with Gasteiger partial charge in [-0.05, 0) is 53.9 Å². The summed E-state index contributed by atoms with van der Waals surface area (Å²) in [5, 5.41) is 0.801. The molecule has 2 heterocycles. The number of nitrogens with two attached hydrogens (primary N) is 1. The number of ether oxygens (including phenoxy) is 2. The Bertz CT molecular complexity index is 1530. The van der Waals surface area contributed by atoms with Gasteiger partial charge in [0.15, 0.2) is 5.78 Å². The first-order valence-electron chi connectivity index (χ1n) is 11.7. The van der Waals surface area contributed by atoms with E-state index >= 15 is 0 Å². The molecule has 0 saturated carbocycles. The Morgan fingerprint density at radius 2 is 1.69 bits per heavy atom. The normalized spacial score (nSPS) is 11.8. The first-order valence-corrected chi connectivity index (χ1v) is 12.5. The summed E-state index contributed by atoms with van der Waals surface area (Å²) in [5.74, 6) is 2.22. The SMILES string of the molecule is COc1cccc(-c2ccc3c(N)c(C(=O)CC(C)c4ccccc4Oc4ccccc4)sc3n2)c1. The maximum absolute atomic E-state index is 13.4. The summed E-state index contributed by atoms with van der Waals surface area (Å²) in [5.41, 5.74) is 9.65. The Balaban J connectivity index is 1.39. The third kappa shape index (κ3) is 4.81. The van der Waals surface area contributed by atoms with Gasteiger partial charge in [-0.2, -0.15) is 0 Å². The molecule has 5 aromatic rings. The van der Waals surface area contributed by atoms with E-state index in [0.29, 0.717) is 17.0 Å². The molecule has 0 bridgehead atoms. The lowest BCUT2D eigenvalue weighted by Crippen LogP contribution is -2.06. The number of carbonyl (C=O) groups excluding carboxylic acids is 1. The fourth-order valence-electron chi connectivity index (χ4n) is 4.22. The number of methoxy groups -OCH3 is 1. The molecule has 1 unspecified atom stereocenters. The van der Waals surface area contributed by atoms with Crippen LogP contribution in [0, 0.1) is 0 Å². The molecule has 2 aromatic heterocycles. The molecule has 0 spiro atoms. The van der Waals surface area contributed by atoms with E-state index in [1.165, 1.54) is 11.3 Å².